The van der Waals surface area contributed by atoms with E-state index in [2.05, 4.69) is 19.2 Å². The molecule has 1 saturated heterocycles. The number of rotatable bonds is 3. The predicted molar refractivity (Wildman–Crippen MR) is 62.9 cm³/mol. The topological polar surface area (TPSA) is 49.4 Å². The van der Waals surface area contributed by atoms with Crippen LogP contribution < -0.4 is 5.32 Å². The maximum absolute atomic E-state index is 12.2. The monoisotopic (exact) mass is 226 g/mol. The molecule has 0 radical (unpaired) electrons. The van der Waals surface area contributed by atoms with Gasteiger partial charge in [-0.15, -0.1) is 0 Å². The molecule has 0 spiro atoms. The maximum Gasteiger partial charge on any atom is 0.245 e. The van der Waals surface area contributed by atoms with Crippen molar-refractivity contribution in [2.24, 2.45) is 0 Å². The van der Waals surface area contributed by atoms with E-state index in [1.807, 2.05) is 6.92 Å². The molecule has 16 heavy (non-hydrogen) atoms. The van der Waals surface area contributed by atoms with Crippen LogP contribution in [0.15, 0.2) is 0 Å². The highest BCUT2D eigenvalue weighted by Gasteiger charge is 2.43. The first-order valence-corrected chi connectivity index (χ1v) is 6.01. The summed E-state index contributed by atoms with van der Waals surface area (Å²) in [5.41, 5.74) is -0.220. The third kappa shape index (κ3) is 1.93. The van der Waals surface area contributed by atoms with Gasteiger partial charge in [0.05, 0.1) is 0 Å². The van der Waals surface area contributed by atoms with E-state index in [-0.39, 0.29) is 23.4 Å². The number of hydrogen-bond donors (Lipinski definition) is 1. The zero-order chi connectivity index (χ0) is 12.5. The lowest BCUT2D eigenvalue weighted by molar-refractivity contribution is -0.155. The number of carbonyl (C=O) groups excluding carboxylic acids is 2. The summed E-state index contributed by atoms with van der Waals surface area (Å²) in [6, 6.07) is -0.769. The molecule has 1 fully saturated rings. The Labute approximate surface area is 97.4 Å². The molecule has 4 nitrogen and oxygen atoms in total. The Kier molecular flexibility index (Phi) is 3.61. The number of hydrogen-bond acceptors (Lipinski definition) is 2. The summed E-state index contributed by atoms with van der Waals surface area (Å²) in [7, 11) is 0. The SMILES string of the molecule is CCC(C)(CC)N1C(=O)C(C)NC(=O)C1C. The first-order valence-electron chi connectivity index (χ1n) is 6.01. The van der Waals surface area contributed by atoms with Crippen LogP contribution in [0.4, 0.5) is 0 Å². The molecule has 0 bridgehead atoms. The Morgan fingerprint density at radius 3 is 2.19 bits per heavy atom. The van der Waals surface area contributed by atoms with Crippen molar-refractivity contribution in [2.75, 3.05) is 0 Å². The molecule has 0 saturated carbocycles. The lowest BCUT2D eigenvalue weighted by atomic mass is 9.89. The fourth-order valence-electron chi connectivity index (χ4n) is 2.24. The summed E-state index contributed by atoms with van der Waals surface area (Å²) in [5.74, 6) is -0.0291. The van der Waals surface area contributed by atoms with Gasteiger partial charge in [-0.3, -0.25) is 9.59 Å². The zero-order valence-electron chi connectivity index (χ0n) is 10.8. The van der Waals surface area contributed by atoms with E-state index >= 15 is 0 Å². The van der Waals surface area contributed by atoms with Crippen LogP contribution in [0.2, 0.25) is 0 Å². The van der Waals surface area contributed by atoms with Gasteiger partial charge in [0.25, 0.3) is 0 Å². The van der Waals surface area contributed by atoms with Crippen molar-refractivity contribution < 1.29 is 9.59 Å². The second-order valence-electron chi connectivity index (χ2n) is 4.82. The summed E-state index contributed by atoms with van der Waals surface area (Å²) < 4.78 is 0. The summed E-state index contributed by atoms with van der Waals surface area (Å²) in [5, 5.41) is 2.70. The molecule has 1 N–H and O–H groups in total. The van der Waals surface area contributed by atoms with Gasteiger partial charge in [-0.1, -0.05) is 13.8 Å². The number of nitrogens with zero attached hydrogens (tertiary/aromatic N) is 1. The molecule has 1 heterocycles. The summed E-state index contributed by atoms with van der Waals surface area (Å²) in [6.45, 7) is 9.70. The van der Waals surface area contributed by atoms with E-state index < -0.39 is 6.04 Å². The summed E-state index contributed by atoms with van der Waals surface area (Å²) in [6.07, 6.45) is 1.72. The fourth-order valence-corrected chi connectivity index (χ4v) is 2.24. The quantitative estimate of drug-likeness (QED) is 0.788. The van der Waals surface area contributed by atoms with Crippen molar-refractivity contribution in [1.82, 2.24) is 10.2 Å². The van der Waals surface area contributed by atoms with Crippen molar-refractivity contribution in [3.05, 3.63) is 0 Å². The fraction of sp³-hybridized carbons (Fsp3) is 0.833. The first-order chi connectivity index (χ1) is 7.37. The highest BCUT2D eigenvalue weighted by Crippen LogP contribution is 2.28. The number of piperazine rings is 1. The van der Waals surface area contributed by atoms with Gasteiger partial charge < -0.3 is 10.2 Å². The van der Waals surface area contributed by atoms with Crippen molar-refractivity contribution in [3.63, 3.8) is 0 Å². The Bertz CT molecular complexity index is 297. The molecule has 4 heteroatoms. The minimum Gasteiger partial charge on any atom is -0.343 e. The molecule has 0 aromatic rings. The average Bonchev–Trinajstić information content (AvgIpc) is 2.26. The largest absolute Gasteiger partial charge is 0.343 e. The lowest BCUT2D eigenvalue weighted by Crippen LogP contribution is -2.67. The van der Waals surface area contributed by atoms with Crippen LogP contribution in [-0.2, 0) is 9.59 Å². The van der Waals surface area contributed by atoms with E-state index in [1.54, 1.807) is 18.7 Å². The molecule has 0 aromatic carbocycles. The molecule has 0 aliphatic carbocycles. The average molecular weight is 226 g/mol. The van der Waals surface area contributed by atoms with Gasteiger partial charge >= 0.3 is 0 Å². The molecule has 2 amide bonds. The second-order valence-corrected chi connectivity index (χ2v) is 4.82. The van der Waals surface area contributed by atoms with Gasteiger partial charge in [0.2, 0.25) is 11.8 Å². The summed E-state index contributed by atoms with van der Waals surface area (Å²) >= 11 is 0. The van der Waals surface area contributed by atoms with E-state index in [9.17, 15) is 9.59 Å². The van der Waals surface area contributed by atoms with Gasteiger partial charge in [-0.05, 0) is 33.6 Å². The minimum absolute atomic E-state index is 0.0262. The normalized spacial score (nSPS) is 26.9. The molecular weight excluding hydrogens is 204 g/mol. The van der Waals surface area contributed by atoms with Crippen LogP contribution >= 0.6 is 0 Å². The van der Waals surface area contributed by atoms with Crippen LogP contribution in [0.3, 0.4) is 0 Å². The van der Waals surface area contributed by atoms with Crippen LogP contribution in [0.5, 0.6) is 0 Å². The third-order valence-corrected chi connectivity index (χ3v) is 3.84. The number of carbonyl (C=O) groups is 2. The zero-order valence-corrected chi connectivity index (χ0v) is 10.8. The molecule has 0 aromatic heterocycles. The van der Waals surface area contributed by atoms with Gasteiger partial charge in [0.15, 0.2) is 0 Å². The third-order valence-electron chi connectivity index (χ3n) is 3.84. The Hall–Kier alpha value is -1.06. The van der Waals surface area contributed by atoms with Crippen LogP contribution in [0.1, 0.15) is 47.5 Å². The highest BCUT2D eigenvalue weighted by molar-refractivity contribution is 5.96. The smallest absolute Gasteiger partial charge is 0.245 e. The number of nitrogens with one attached hydrogen (secondary N) is 1. The minimum atomic E-state index is -0.402. The van der Waals surface area contributed by atoms with Crippen molar-refractivity contribution in [2.45, 2.75) is 65.1 Å². The van der Waals surface area contributed by atoms with Crippen LogP contribution in [0, 0.1) is 0 Å². The van der Waals surface area contributed by atoms with E-state index in [0.29, 0.717) is 0 Å². The van der Waals surface area contributed by atoms with E-state index in [1.165, 1.54) is 0 Å². The predicted octanol–water partition coefficient (Wildman–Crippen LogP) is 1.30. The van der Waals surface area contributed by atoms with Gasteiger partial charge in [-0.25, -0.2) is 0 Å². The maximum atomic E-state index is 12.2. The molecule has 2 unspecified atom stereocenters. The van der Waals surface area contributed by atoms with E-state index in [4.69, 9.17) is 0 Å². The van der Waals surface area contributed by atoms with Crippen LogP contribution in [-0.4, -0.2) is 34.3 Å². The Balaban J connectivity index is 3.07. The molecule has 1 aliphatic rings. The Morgan fingerprint density at radius 1 is 1.25 bits per heavy atom. The van der Waals surface area contributed by atoms with Gasteiger partial charge in [-0.2, -0.15) is 0 Å². The van der Waals surface area contributed by atoms with Gasteiger partial charge in [0, 0.05) is 5.54 Å². The standard InChI is InChI=1S/C12H22N2O2/c1-6-12(5,7-2)14-9(4)10(15)13-8(3)11(14)16/h8-9H,6-7H2,1-5H3,(H,13,15). The van der Waals surface area contributed by atoms with E-state index in [0.717, 1.165) is 12.8 Å². The van der Waals surface area contributed by atoms with Crippen molar-refractivity contribution in [1.29, 1.82) is 0 Å². The van der Waals surface area contributed by atoms with Crippen LogP contribution in [0.25, 0.3) is 0 Å². The lowest BCUT2D eigenvalue weighted by Gasteiger charge is -2.47. The molecule has 92 valence electrons. The molecule has 1 rings (SSSR count). The molecular formula is C12H22N2O2. The van der Waals surface area contributed by atoms with Gasteiger partial charge in [0.1, 0.15) is 12.1 Å². The Morgan fingerprint density at radius 2 is 1.75 bits per heavy atom. The van der Waals surface area contributed by atoms with Crippen molar-refractivity contribution in [3.8, 4) is 0 Å². The first kappa shape index (κ1) is 13.0. The highest BCUT2D eigenvalue weighted by atomic mass is 16.2. The number of amides is 2. The molecule has 2 atom stereocenters. The molecule has 1 aliphatic heterocycles. The van der Waals surface area contributed by atoms with Crippen molar-refractivity contribution >= 4 is 11.8 Å². The summed E-state index contributed by atoms with van der Waals surface area (Å²) in [4.78, 5) is 25.7. The second kappa shape index (κ2) is 4.44.